The maximum atomic E-state index is 11.9. The van der Waals surface area contributed by atoms with E-state index in [9.17, 15) is 9.90 Å². The van der Waals surface area contributed by atoms with Crippen LogP contribution in [0.15, 0.2) is 30.3 Å². The molecule has 1 N–H and O–H groups in total. The Bertz CT molecular complexity index is 556. The molecule has 19 heavy (non-hydrogen) atoms. The minimum Gasteiger partial charge on any atom is -0.388 e. The van der Waals surface area contributed by atoms with Crippen LogP contribution in [0.25, 0.3) is 6.08 Å². The summed E-state index contributed by atoms with van der Waals surface area (Å²) in [5.41, 5.74) is 0.613. The summed E-state index contributed by atoms with van der Waals surface area (Å²) in [4.78, 5) is 13.6. The van der Waals surface area contributed by atoms with Crippen LogP contribution in [-0.2, 0) is 4.79 Å². The average molecular weight is 256 g/mol. The normalized spacial score (nSPS) is 22.7. The molecular weight excluding hydrogens is 240 g/mol. The van der Waals surface area contributed by atoms with Crippen molar-refractivity contribution in [3.63, 3.8) is 0 Å². The van der Waals surface area contributed by atoms with Crippen molar-refractivity contribution in [1.82, 2.24) is 4.90 Å². The van der Waals surface area contributed by atoms with Crippen LogP contribution in [0, 0.1) is 11.3 Å². The highest BCUT2D eigenvalue weighted by Crippen LogP contribution is 2.20. The van der Waals surface area contributed by atoms with Gasteiger partial charge in [0.25, 0.3) is 0 Å². The molecule has 0 radical (unpaired) electrons. The van der Waals surface area contributed by atoms with Gasteiger partial charge in [0.1, 0.15) is 0 Å². The number of rotatable bonds is 2. The Labute approximate surface area is 112 Å². The number of carbonyl (C=O) groups is 1. The molecule has 4 nitrogen and oxygen atoms in total. The number of likely N-dealkylation sites (tertiary alicyclic amines) is 1. The van der Waals surface area contributed by atoms with Gasteiger partial charge < -0.3 is 10.0 Å². The van der Waals surface area contributed by atoms with Crippen molar-refractivity contribution in [3.8, 4) is 6.07 Å². The van der Waals surface area contributed by atoms with Crippen LogP contribution in [0.5, 0.6) is 0 Å². The molecule has 1 heterocycles. The van der Waals surface area contributed by atoms with E-state index in [0.717, 1.165) is 5.56 Å². The van der Waals surface area contributed by atoms with Gasteiger partial charge in [-0.05, 0) is 37.1 Å². The van der Waals surface area contributed by atoms with Gasteiger partial charge in [0.2, 0.25) is 5.91 Å². The van der Waals surface area contributed by atoms with E-state index < -0.39 is 5.60 Å². The Morgan fingerprint density at radius 2 is 2.37 bits per heavy atom. The van der Waals surface area contributed by atoms with Gasteiger partial charge in [-0.1, -0.05) is 12.1 Å². The smallest absolute Gasteiger partial charge is 0.246 e. The van der Waals surface area contributed by atoms with Crippen LogP contribution in [0.1, 0.15) is 24.5 Å². The van der Waals surface area contributed by atoms with Crippen LogP contribution in [0.2, 0.25) is 0 Å². The van der Waals surface area contributed by atoms with E-state index in [4.69, 9.17) is 5.26 Å². The molecule has 1 fully saturated rings. The second-order valence-electron chi connectivity index (χ2n) is 5.08. The minimum absolute atomic E-state index is 0.111. The molecule has 0 bridgehead atoms. The quantitative estimate of drug-likeness (QED) is 0.817. The fraction of sp³-hybridized carbons (Fsp3) is 0.333. The lowest BCUT2D eigenvalue weighted by molar-refractivity contribution is -0.125. The molecule has 1 aromatic carbocycles. The lowest BCUT2D eigenvalue weighted by atomic mass is 10.1. The van der Waals surface area contributed by atoms with Crippen molar-refractivity contribution in [2.45, 2.75) is 18.9 Å². The third-order valence-corrected chi connectivity index (χ3v) is 3.20. The van der Waals surface area contributed by atoms with E-state index in [0.29, 0.717) is 25.1 Å². The summed E-state index contributed by atoms with van der Waals surface area (Å²) in [6.45, 7) is 2.68. The van der Waals surface area contributed by atoms with Gasteiger partial charge in [0.05, 0.1) is 17.2 Å². The summed E-state index contributed by atoms with van der Waals surface area (Å²) in [5.74, 6) is -0.111. The van der Waals surface area contributed by atoms with Crippen LogP contribution in [-0.4, -0.2) is 34.6 Å². The van der Waals surface area contributed by atoms with Gasteiger partial charge in [0, 0.05) is 19.2 Å². The molecule has 0 aromatic heterocycles. The lowest BCUT2D eigenvalue weighted by Crippen LogP contribution is -2.32. The van der Waals surface area contributed by atoms with E-state index in [1.807, 2.05) is 6.07 Å². The summed E-state index contributed by atoms with van der Waals surface area (Å²) in [5, 5.41) is 18.6. The highest BCUT2D eigenvalue weighted by Gasteiger charge is 2.32. The number of nitriles is 1. The Hall–Kier alpha value is -2.12. The highest BCUT2D eigenvalue weighted by molar-refractivity contribution is 5.92. The van der Waals surface area contributed by atoms with E-state index >= 15 is 0 Å². The standard InChI is InChI=1S/C15H16N2O2/c1-15(19)7-8-17(11-15)14(18)6-5-12-3-2-4-13(9-12)10-16/h2-6,9,19H,7-8,11H2,1H3/b6-5+. The van der Waals surface area contributed by atoms with Gasteiger partial charge in [-0.25, -0.2) is 0 Å². The number of β-amino-alcohol motifs (C(OH)–C–C–N with tert-alkyl or cyclic N) is 1. The molecule has 1 aliphatic heterocycles. The molecular formula is C15H16N2O2. The molecule has 0 spiro atoms. The summed E-state index contributed by atoms with van der Waals surface area (Å²) in [7, 11) is 0. The van der Waals surface area contributed by atoms with E-state index in [2.05, 4.69) is 6.07 Å². The van der Waals surface area contributed by atoms with Crippen molar-refractivity contribution in [1.29, 1.82) is 5.26 Å². The number of amides is 1. The summed E-state index contributed by atoms with van der Waals surface area (Å²) >= 11 is 0. The Kier molecular flexibility index (Phi) is 3.68. The Balaban J connectivity index is 2.03. The molecule has 1 aliphatic rings. The van der Waals surface area contributed by atoms with Crippen LogP contribution >= 0.6 is 0 Å². The van der Waals surface area contributed by atoms with Crippen LogP contribution < -0.4 is 0 Å². The molecule has 0 aliphatic carbocycles. The SMILES string of the molecule is CC1(O)CCN(C(=O)/C=C/c2cccc(C#N)c2)C1. The largest absolute Gasteiger partial charge is 0.388 e. The monoisotopic (exact) mass is 256 g/mol. The van der Waals surface area contributed by atoms with Gasteiger partial charge in [-0.3, -0.25) is 4.79 Å². The van der Waals surface area contributed by atoms with Crippen LogP contribution in [0.3, 0.4) is 0 Å². The summed E-state index contributed by atoms with van der Waals surface area (Å²) in [6.07, 6.45) is 3.78. The van der Waals surface area contributed by atoms with Gasteiger partial charge in [0.15, 0.2) is 0 Å². The zero-order chi connectivity index (χ0) is 13.9. The number of hydrogen-bond donors (Lipinski definition) is 1. The van der Waals surface area contributed by atoms with Gasteiger partial charge in [-0.2, -0.15) is 5.26 Å². The molecule has 1 saturated heterocycles. The van der Waals surface area contributed by atoms with E-state index in [1.54, 1.807) is 36.1 Å². The van der Waals surface area contributed by atoms with Crippen molar-refractivity contribution in [3.05, 3.63) is 41.5 Å². The molecule has 2 rings (SSSR count). The number of carbonyl (C=O) groups excluding carboxylic acids is 1. The fourth-order valence-corrected chi connectivity index (χ4v) is 2.12. The van der Waals surface area contributed by atoms with Crippen LogP contribution in [0.4, 0.5) is 0 Å². The molecule has 0 saturated carbocycles. The number of aliphatic hydroxyl groups is 1. The van der Waals surface area contributed by atoms with Crippen molar-refractivity contribution < 1.29 is 9.90 Å². The predicted molar refractivity (Wildman–Crippen MR) is 72.0 cm³/mol. The first-order valence-electron chi connectivity index (χ1n) is 6.20. The van der Waals surface area contributed by atoms with Crippen molar-refractivity contribution >= 4 is 12.0 Å². The third kappa shape index (κ3) is 3.43. The zero-order valence-electron chi connectivity index (χ0n) is 10.8. The zero-order valence-corrected chi connectivity index (χ0v) is 10.8. The summed E-state index contributed by atoms with van der Waals surface area (Å²) in [6, 6.07) is 9.12. The molecule has 1 amide bonds. The molecule has 1 unspecified atom stereocenters. The second-order valence-corrected chi connectivity index (χ2v) is 5.08. The summed E-state index contributed by atoms with van der Waals surface area (Å²) < 4.78 is 0. The van der Waals surface area contributed by atoms with E-state index in [1.165, 1.54) is 6.08 Å². The number of nitrogens with zero attached hydrogens (tertiary/aromatic N) is 2. The molecule has 1 aromatic rings. The number of hydrogen-bond acceptors (Lipinski definition) is 3. The second kappa shape index (κ2) is 5.25. The average Bonchev–Trinajstić information content (AvgIpc) is 2.76. The highest BCUT2D eigenvalue weighted by atomic mass is 16.3. The topological polar surface area (TPSA) is 64.3 Å². The van der Waals surface area contributed by atoms with Crippen molar-refractivity contribution in [2.75, 3.05) is 13.1 Å². The molecule has 98 valence electrons. The number of benzene rings is 1. The van der Waals surface area contributed by atoms with Gasteiger partial charge >= 0.3 is 0 Å². The maximum Gasteiger partial charge on any atom is 0.246 e. The Morgan fingerprint density at radius 3 is 3.00 bits per heavy atom. The Morgan fingerprint density at radius 1 is 1.58 bits per heavy atom. The minimum atomic E-state index is -0.774. The van der Waals surface area contributed by atoms with Gasteiger partial charge in [-0.15, -0.1) is 0 Å². The predicted octanol–water partition coefficient (Wildman–Crippen LogP) is 1.55. The first-order chi connectivity index (χ1) is 9.00. The first kappa shape index (κ1) is 13.3. The third-order valence-electron chi connectivity index (χ3n) is 3.20. The lowest BCUT2D eigenvalue weighted by Gasteiger charge is -2.17. The first-order valence-corrected chi connectivity index (χ1v) is 6.20. The maximum absolute atomic E-state index is 11.9. The molecule has 1 atom stereocenters. The molecule has 4 heteroatoms. The fourth-order valence-electron chi connectivity index (χ4n) is 2.12. The van der Waals surface area contributed by atoms with E-state index in [-0.39, 0.29) is 5.91 Å². The van der Waals surface area contributed by atoms with Crippen molar-refractivity contribution in [2.24, 2.45) is 0 Å².